The highest BCUT2D eigenvalue weighted by Crippen LogP contribution is 2.21. The molecule has 0 radical (unpaired) electrons. The molecule has 0 fully saturated rings. The molecular weight excluding hydrogens is 392 g/mol. The third-order valence-corrected chi connectivity index (χ3v) is 5.73. The van der Waals surface area contributed by atoms with Gasteiger partial charge in [0.2, 0.25) is 5.91 Å². The molecule has 2 unspecified atom stereocenters. The lowest BCUT2D eigenvalue weighted by Crippen LogP contribution is -2.42. The van der Waals surface area contributed by atoms with Crippen molar-refractivity contribution in [3.05, 3.63) is 70.5 Å². The molecule has 3 heterocycles. The Balaban J connectivity index is 1.58. The second-order valence-electron chi connectivity index (χ2n) is 7.91. The number of aryl methyl sites for hydroxylation is 2. The highest BCUT2D eigenvalue weighted by atomic mass is 16.3. The summed E-state index contributed by atoms with van der Waals surface area (Å²) in [6.45, 7) is 5.87. The van der Waals surface area contributed by atoms with Gasteiger partial charge in [-0.2, -0.15) is 5.10 Å². The first-order valence-electron chi connectivity index (χ1n) is 10.9. The third-order valence-electron chi connectivity index (χ3n) is 5.73. The lowest BCUT2D eigenvalue weighted by Gasteiger charge is -2.21. The first kappa shape index (κ1) is 20.9. The Bertz CT molecular complexity index is 1250. The molecule has 0 saturated carbocycles. The van der Waals surface area contributed by atoms with E-state index >= 15 is 0 Å². The summed E-state index contributed by atoms with van der Waals surface area (Å²) in [6.07, 6.45) is 4.40. The number of furan rings is 1. The smallest absolute Gasteiger partial charge is 0.291 e. The fraction of sp³-hybridized carbons (Fsp3) is 0.375. The zero-order chi connectivity index (χ0) is 22.0. The maximum absolute atomic E-state index is 13.2. The molecule has 7 nitrogen and oxygen atoms in total. The average Bonchev–Trinajstić information content (AvgIpc) is 3.37. The fourth-order valence-corrected chi connectivity index (χ4v) is 4.04. The van der Waals surface area contributed by atoms with Crippen molar-refractivity contribution in [3.8, 4) is 0 Å². The fourth-order valence-electron chi connectivity index (χ4n) is 4.04. The van der Waals surface area contributed by atoms with Gasteiger partial charge in [0.15, 0.2) is 5.58 Å². The van der Waals surface area contributed by atoms with E-state index in [9.17, 15) is 9.59 Å². The SMILES string of the molecule is CCc1nn(C(CC)C(=O)NC(C)CCc2ccccc2)c(=O)c2cc3occc3n12. The molecule has 0 aliphatic heterocycles. The third kappa shape index (κ3) is 4.00. The molecule has 3 aromatic heterocycles. The largest absolute Gasteiger partial charge is 0.463 e. The van der Waals surface area contributed by atoms with Crippen LogP contribution in [0.4, 0.5) is 0 Å². The molecule has 31 heavy (non-hydrogen) atoms. The summed E-state index contributed by atoms with van der Waals surface area (Å²) < 4.78 is 8.64. The van der Waals surface area contributed by atoms with E-state index in [0.29, 0.717) is 23.9 Å². The summed E-state index contributed by atoms with van der Waals surface area (Å²) in [5.74, 6) is 0.536. The Kier molecular flexibility index (Phi) is 5.93. The monoisotopic (exact) mass is 420 g/mol. The van der Waals surface area contributed by atoms with E-state index in [-0.39, 0.29) is 17.5 Å². The molecule has 0 aliphatic carbocycles. The summed E-state index contributed by atoms with van der Waals surface area (Å²) in [4.78, 5) is 26.3. The summed E-state index contributed by atoms with van der Waals surface area (Å²) in [5, 5.41) is 7.65. The Morgan fingerprint density at radius 3 is 2.65 bits per heavy atom. The number of carbonyl (C=O) groups excluding carboxylic acids is 1. The molecule has 4 aromatic rings. The molecule has 1 aromatic carbocycles. The van der Waals surface area contributed by atoms with E-state index in [1.165, 1.54) is 10.2 Å². The molecule has 0 spiro atoms. The highest BCUT2D eigenvalue weighted by Gasteiger charge is 2.25. The Morgan fingerprint density at radius 1 is 1.16 bits per heavy atom. The van der Waals surface area contributed by atoms with E-state index in [4.69, 9.17) is 4.42 Å². The molecule has 0 aliphatic rings. The normalized spacial score (nSPS) is 13.5. The Hall–Kier alpha value is -3.35. The first-order chi connectivity index (χ1) is 15.0. The van der Waals surface area contributed by atoms with Crippen molar-refractivity contribution >= 4 is 22.5 Å². The number of carbonyl (C=O) groups is 1. The summed E-state index contributed by atoms with van der Waals surface area (Å²) >= 11 is 0. The van der Waals surface area contributed by atoms with Crippen LogP contribution < -0.4 is 10.9 Å². The first-order valence-corrected chi connectivity index (χ1v) is 10.9. The summed E-state index contributed by atoms with van der Waals surface area (Å²) in [6, 6.07) is 13.1. The van der Waals surface area contributed by atoms with Crippen molar-refractivity contribution in [2.24, 2.45) is 0 Å². The lowest BCUT2D eigenvalue weighted by molar-refractivity contribution is -0.125. The van der Waals surface area contributed by atoms with Gasteiger partial charge < -0.3 is 9.73 Å². The van der Waals surface area contributed by atoms with Crippen molar-refractivity contribution in [3.63, 3.8) is 0 Å². The molecule has 0 saturated heterocycles. The number of nitrogens with zero attached hydrogens (tertiary/aromatic N) is 3. The van der Waals surface area contributed by atoms with Gasteiger partial charge in [-0.05, 0) is 31.7 Å². The van der Waals surface area contributed by atoms with Gasteiger partial charge in [-0.1, -0.05) is 44.2 Å². The predicted octanol–water partition coefficient (Wildman–Crippen LogP) is 3.89. The molecule has 1 N–H and O–H groups in total. The van der Waals surface area contributed by atoms with Crippen molar-refractivity contribution in [1.29, 1.82) is 0 Å². The quantitative estimate of drug-likeness (QED) is 0.469. The predicted molar refractivity (Wildman–Crippen MR) is 120 cm³/mol. The van der Waals surface area contributed by atoms with Crippen molar-refractivity contribution in [2.45, 2.75) is 58.5 Å². The van der Waals surface area contributed by atoms with E-state index in [1.54, 1.807) is 12.3 Å². The maximum atomic E-state index is 13.2. The van der Waals surface area contributed by atoms with Gasteiger partial charge in [0, 0.05) is 24.6 Å². The minimum absolute atomic E-state index is 0.0116. The zero-order valence-corrected chi connectivity index (χ0v) is 18.2. The van der Waals surface area contributed by atoms with Crippen LogP contribution >= 0.6 is 0 Å². The topological polar surface area (TPSA) is 81.5 Å². The van der Waals surface area contributed by atoms with Crippen LogP contribution in [0.3, 0.4) is 0 Å². The van der Waals surface area contributed by atoms with E-state index in [1.807, 2.05) is 49.4 Å². The van der Waals surface area contributed by atoms with Gasteiger partial charge in [-0.25, -0.2) is 4.68 Å². The van der Waals surface area contributed by atoms with Crippen LogP contribution in [-0.4, -0.2) is 26.1 Å². The van der Waals surface area contributed by atoms with Gasteiger partial charge in [0.25, 0.3) is 5.56 Å². The second kappa shape index (κ2) is 8.79. The number of aromatic nitrogens is 3. The van der Waals surface area contributed by atoms with E-state index in [0.717, 1.165) is 24.2 Å². The van der Waals surface area contributed by atoms with Gasteiger partial charge in [0.05, 0.1) is 11.8 Å². The van der Waals surface area contributed by atoms with Gasteiger partial charge in [-0.3, -0.25) is 14.0 Å². The average molecular weight is 421 g/mol. The van der Waals surface area contributed by atoms with Crippen LogP contribution in [0.15, 0.2) is 57.9 Å². The van der Waals surface area contributed by atoms with Crippen molar-refractivity contribution in [1.82, 2.24) is 19.5 Å². The molecule has 2 atom stereocenters. The maximum Gasteiger partial charge on any atom is 0.291 e. The zero-order valence-electron chi connectivity index (χ0n) is 18.2. The van der Waals surface area contributed by atoms with Crippen LogP contribution in [0.25, 0.3) is 16.6 Å². The van der Waals surface area contributed by atoms with E-state index < -0.39 is 6.04 Å². The Morgan fingerprint density at radius 2 is 1.94 bits per heavy atom. The van der Waals surface area contributed by atoms with E-state index in [2.05, 4.69) is 22.5 Å². The molecular formula is C24H28N4O3. The van der Waals surface area contributed by atoms with Gasteiger partial charge in [0.1, 0.15) is 17.4 Å². The number of nitrogens with one attached hydrogen (secondary N) is 1. The minimum Gasteiger partial charge on any atom is -0.463 e. The standard InChI is InChI=1S/C24H28N4O3/c1-4-18(23(29)25-16(3)11-12-17-9-7-6-8-10-17)28-24(30)20-15-21-19(13-14-31-21)27(20)22(5-2)26-28/h6-10,13-16,18H,4-5,11-12H2,1-3H3,(H,25,29). The molecule has 7 heteroatoms. The highest BCUT2D eigenvalue weighted by molar-refractivity contribution is 5.83. The van der Waals surface area contributed by atoms with Crippen molar-refractivity contribution in [2.75, 3.05) is 0 Å². The summed E-state index contributed by atoms with van der Waals surface area (Å²) in [7, 11) is 0. The molecule has 4 rings (SSSR count). The number of amides is 1. The number of rotatable bonds is 8. The van der Waals surface area contributed by atoms with Crippen LogP contribution in [-0.2, 0) is 17.6 Å². The molecule has 0 bridgehead atoms. The van der Waals surface area contributed by atoms with Crippen molar-refractivity contribution < 1.29 is 9.21 Å². The lowest BCUT2D eigenvalue weighted by atomic mass is 10.1. The number of fused-ring (bicyclic) bond motifs is 3. The van der Waals surface area contributed by atoms with Crippen LogP contribution in [0, 0.1) is 0 Å². The number of benzene rings is 1. The minimum atomic E-state index is -0.664. The number of hydrogen-bond acceptors (Lipinski definition) is 4. The molecule has 162 valence electrons. The van der Waals surface area contributed by atoms with Crippen LogP contribution in [0.5, 0.6) is 0 Å². The van der Waals surface area contributed by atoms with Crippen LogP contribution in [0.1, 0.15) is 51.0 Å². The second-order valence-corrected chi connectivity index (χ2v) is 7.91. The molecule has 1 amide bonds. The Labute approximate surface area is 180 Å². The van der Waals surface area contributed by atoms with Gasteiger partial charge in [-0.15, -0.1) is 0 Å². The summed E-state index contributed by atoms with van der Waals surface area (Å²) in [5.41, 5.74) is 2.88. The van der Waals surface area contributed by atoms with Crippen LogP contribution in [0.2, 0.25) is 0 Å². The number of hydrogen-bond donors (Lipinski definition) is 1. The van der Waals surface area contributed by atoms with Gasteiger partial charge >= 0.3 is 0 Å².